The number of carbonyl (C=O) groups is 2. The predicted molar refractivity (Wildman–Crippen MR) is 76.0 cm³/mol. The van der Waals surface area contributed by atoms with E-state index >= 15 is 0 Å². The van der Waals surface area contributed by atoms with Gasteiger partial charge in [0, 0.05) is 13.1 Å². The SMILES string of the molecule is CCc1c(C(=O)O)nnn1CC(=O)N1CCCCCCC1. The first kappa shape index (κ1) is 15.5. The summed E-state index contributed by atoms with van der Waals surface area (Å²) in [5.74, 6) is -1.11. The molecule has 0 spiro atoms. The highest BCUT2D eigenvalue weighted by molar-refractivity contribution is 5.86. The van der Waals surface area contributed by atoms with Gasteiger partial charge < -0.3 is 10.0 Å². The largest absolute Gasteiger partial charge is 0.476 e. The molecule has 1 fully saturated rings. The van der Waals surface area contributed by atoms with E-state index < -0.39 is 5.97 Å². The third kappa shape index (κ3) is 3.80. The molecular weight excluding hydrogens is 272 g/mol. The third-order valence-electron chi connectivity index (χ3n) is 3.87. The van der Waals surface area contributed by atoms with Crippen molar-refractivity contribution in [1.82, 2.24) is 19.9 Å². The molecule has 0 saturated carbocycles. The number of nitrogens with zero attached hydrogens (tertiary/aromatic N) is 4. The van der Waals surface area contributed by atoms with Gasteiger partial charge in [-0.2, -0.15) is 0 Å². The van der Waals surface area contributed by atoms with E-state index in [9.17, 15) is 9.59 Å². The Labute approximate surface area is 123 Å². The highest BCUT2D eigenvalue weighted by atomic mass is 16.4. The summed E-state index contributed by atoms with van der Waals surface area (Å²) in [6.07, 6.45) is 6.12. The molecule has 1 aromatic rings. The second-order valence-corrected chi connectivity index (χ2v) is 5.35. The molecule has 0 aliphatic carbocycles. The van der Waals surface area contributed by atoms with Crippen LogP contribution in [0.25, 0.3) is 0 Å². The molecule has 116 valence electrons. The number of rotatable bonds is 4. The topological polar surface area (TPSA) is 88.3 Å². The normalized spacial score (nSPS) is 16.3. The van der Waals surface area contributed by atoms with Gasteiger partial charge in [0.2, 0.25) is 5.91 Å². The van der Waals surface area contributed by atoms with Gasteiger partial charge in [0.05, 0.1) is 5.69 Å². The van der Waals surface area contributed by atoms with E-state index in [0.717, 1.165) is 38.8 Å². The number of carboxylic acids is 1. The van der Waals surface area contributed by atoms with Crippen molar-refractivity contribution in [3.05, 3.63) is 11.4 Å². The number of carboxylic acid groups (broad SMARTS) is 1. The Bertz CT molecular complexity index is 504. The molecular formula is C14H22N4O3. The molecule has 1 aliphatic heterocycles. The monoisotopic (exact) mass is 294 g/mol. The van der Waals surface area contributed by atoms with Crippen molar-refractivity contribution in [1.29, 1.82) is 0 Å². The molecule has 0 bridgehead atoms. The number of amides is 1. The molecule has 7 heteroatoms. The van der Waals surface area contributed by atoms with Crippen LogP contribution < -0.4 is 0 Å². The van der Waals surface area contributed by atoms with Crippen LogP contribution in [0.2, 0.25) is 0 Å². The second kappa shape index (κ2) is 7.19. The zero-order valence-corrected chi connectivity index (χ0v) is 12.4. The minimum absolute atomic E-state index is 0.00608. The Morgan fingerprint density at radius 2 is 1.76 bits per heavy atom. The van der Waals surface area contributed by atoms with Crippen molar-refractivity contribution in [2.45, 2.75) is 52.0 Å². The lowest BCUT2D eigenvalue weighted by molar-refractivity contribution is -0.132. The maximum absolute atomic E-state index is 12.4. The number of aromatic nitrogens is 3. The van der Waals surface area contributed by atoms with E-state index in [4.69, 9.17) is 5.11 Å². The van der Waals surface area contributed by atoms with Gasteiger partial charge >= 0.3 is 5.97 Å². The molecule has 2 rings (SSSR count). The van der Waals surface area contributed by atoms with Gasteiger partial charge in [-0.25, -0.2) is 9.48 Å². The molecule has 0 aromatic carbocycles. The smallest absolute Gasteiger partial charge is 0.358 e. The molecule has 0 unspecified atom stereocenters. The Kier molecular flexibility index (Phi) is 5.30. The molecule has 21 heavy (non-hydrogen) atoms. The van der Waals surface area contributed by atoms with Crippen LogP contribution in [0.15, 0.2) is 0 Å². The molecule has 1 aliphatic rings. The quantitative estimate of drug-likeness (QED) is 0.905. The fourth-order valence-electron chi connectivity index (χ4n) is 2.70. The number of hydrogen-bond acceptors (Lipinski definition) is 4. The molecule has 0 radical (unpaired) electrons. The number of likely N-dealkylation sites (tertiary alicyclic amines) is 1. The lowest BCUT2D eigenvalue weighted by atomic mass is 10.1. The first-order valence-electron chi connectivity index (χ1n) is 7.57. The van der Waals surface area contributed by atoms with E-state index in [1.165, 1.54) is 11.1 Å². The van der Waals surface area contributed by atoms with Gasteiger partial charge in [-0.05, 0) is 19.3 Å². The summed E-state index contributed by atoms with van der Waals surface area (Å²) in [4.78, 5) is 25.3. The summed E-state index contributed by atoms with van der Waals surface area (Å²) < 4.78 is 1.42. The standard InChI is InChI=1S/C14H22N4O3/c1-2-11-13(14(20)21)15-16-18(11)10-12(19)17-8-6-4-3-5-7-9-17/h2-10H2,1H3,(H,20,21). The summed E-state index contributed by atoms with van der Waals surface area (Å²) >= 11 is 0. The first-order chi connectivity index (χ1) is 10.1. The van der Waals surface area contributed by atoms with Crippen LogP contribution in [0, 0.1) is 0 Å². The maximum Gasteiger partial charge on any atom is 0.358 e. The number of carbonyl (C=O) groups excluding carboxylic acids is 1. The Hall–Kier alpha value is -1.92. The highest BCUT2D eigenvalue weighted by Crippen LogP contribution is 2.12. The minimum Gasteiger partial charge on any atom is -0.476 e. The Morgan fingerprint density at radius 3 is 2.33 bits per heavy atom. The summed E-state index contributed by atoms with van der Waals surface area (Å²) in [6.45, 7) is 3.47. The van der Waals surface area contributed by atoms with Crippen LogP contribution in [-0.2, 0) is 17.8 Å². The van der Waals surface area contributed by atoms with Crippen molar-refractivity contribution in [3.8, 4) is 0 Å². The van der Waals surface area contributed by atoms with E-state index in [0.29, 0.717) is 12.1 Å². The second-order valence-electron chi connectivity index (χ2n) is 5.35. The average molecular weight is 294 g/mol. The highest BCUT2D eigenvalue weighted by Gasteiger charge is 2.21. The van der Waals surface area contributed by atoms with Crippen molar-refractivity contribution in [3.63, 3.8) is 0 Å². The van der Waals surface area contributed by atoms with Gasteiger partial charge in [-0.3, -0.25) is 4.79 Å². The van der Waals surface area contributed by atoms with Crippen molar-refractivity contribution >= 4 is 11.9 Å². The molecule has 7 nitrogen and oxygen atoms in total. The third-order valence-corrected chi connectivity index (χ3v) is 3.87. The van der Waals surface area contributed by atoms with E-state index in [1.54, 1.807) is 0 Å². The number of hydrogen-bond donors (Lipinski definition) is 1. The molecule has 1 aromatic heterocycles. The van der Waals surface area contributed by atoms with Gasteiger partial charge in [-0.15, -0.1) is 5.10 Å². The van der Waals surface area contributed by atoms with E-state index in [-0.39, 0.29) is 18.1 Å². The predicted octanol–water partition coefficient (Wildman–Crippen LogP) is 1.33. The lowest BCUT2D eigenvalue weighted by Gasteiger charge is -2.24. The lowest BCUT2D eigenvalue weighted by Crippen LogP contribution is -2.36. The number of aromatic carboxylic acids is 1. The summed E-state index contributed by atoms with van der Waals surface area (Å²) in [6, 6.07) is 0. The fourth-order valence-corrected chi connectivity index (χ4v) is 2.70. The molecule has 1 N–H and O–H groups in total. The van der Waals surface area contributed by atoms with Crippen LogP contribution in [0.3, 0.4) is 0 Å². The minimum atomic E-state index is -1.10. The van der Waals surface area contributed by atoms with Gasteiger partial charge in [-0.1, -0.05) is 31.4 Å². The van der Waals surface area contributed by atoms with Crippen LogP contribution in [0.4, 0.5) is 0 Å². The van der Waals surface area contributed by atoms with Gasteiger partial charge in [0.25, 0.3) is 0 Å². The van der Waals surface area contributed by atoms with Crippen LogP contribution in [0.1, 0.15) is 55.2 Å². The van der Waals surface area contributed by atoms with Gasteiger partial charge in [0.1, 0.15) is 6.54 Å². The van der Waals surface area contributed by atoms with Crippen LogP contribution >= 0.6 is 0 Å². The zero-order valence-electron chi connectivity index (χ0n) is 12.4. The summed E-state index contributed by atoms with van der Waals surface area (Å²) in [7, 11) is 0. The molecule has 0 atom stereocenters. The molecule has 2 heterocycles. The maximum atomic E-state index is 12.4. The Morgan fingerprint density at radius 1 is 1.14 bits per heavy atom. The van der Waals surface area contributed by atoms with Gasteiger partial charge in [0.15, 0.2) is 5.69 Å². The van der Waals surface area contributed by atoms with Crippen molar-refractivity contribution in [2.24, 2.45) is 0 Å². The van der Waals surface area contributed by atoms with E-state index in [2.05, 4.69) is 10.3 Å². The van der Waals surface area contributed by atoms with E-state index in [1.807, 2.05) is 11.8 Å². The van der Waals surface area contributed by atoms with Crippen LogP contribution in [-0.4, -0.2) is 50.0 Å². The van der Waals surface area contributed by atoms with Crippen molar-refractivity contribution in [2.75, 3.05) is 13.1 Å². The van der Waals surface area contributed by atoms with Crippen LogP contribution in [0.5, 0.6) is 0 Å². The first-order valence-corrected chi connectivity index (χ1v) is 7.57. The Balaban J connectivity index is 2.06. The summed E-state index contributed by atoms with van der Waals surface area (Å²) in [5.41, 5.74) is 0.445. The van der Waals surface area contributed by atoms with Crippen molar-refractivity contribution < 1.29 is 14.7 Å². The molecule has 1 saturated heterocycles. The molecule has 1 amide bonds. The average Bonchev–Trinajstić information content (AvgIpc) is 2.80. The summed E-state index contributed by atoms with van der Waals surface area (Å²) in [5, 5.41) is 16.5. The zero-order chi connectivity index (χ0) is 15.2. The fraction of sp³-hybridized carbons (Fsp3) is 0.714.